The molecule has 2 aromatic carbocycles. The Hall–Kier alpha value is -3.97. The molecule has 3 unspecified atom stereocenters. The van der Waals surface area contributed by atoms with E-state index in [0.29, 0.717) is 35.2 Å². The van der Waals surface area contributed by atoms with Gasteiger partial charge in [-0.05, 0) is 70.0 Å². The van der Waals surface area contributed by atoms with Crippen LogP contribution in [0.2, 0.25) is 0 Å². The van der Waals surface area contributed by atoms with Gasteiger partial charge in [-0.1, -0.05) is 23.8 Å². The number of fused-ring (bicyclic) bond motifs is 1. The lowest BCUT2D eigenvalue weighted by atomic mass is 10.0. The number of carbonyl (C=O) groups excluding carboxylic acids is 2. The number of hydrogen-bond donors (Lipinski definition) is 2. The fourth-order valence-electron chi connectivity index (χ4n) is 4.68. The lowest BCUT2D eigenvalue weighted by molar-refractivity contribution is -0.243. The fraction of sp³-hybridized carbons (Fsp3) is 0.400. The number of hydrogen-bond acceptors (Lipinski definition) is 7. The second-order valence-electron chi connectivity index (χ2n) is 11.6. The average Bonchev–Trinajstić information content (AvgIpc) is 2.98. The van der Waals surface area contributed by atoms with Gasteiger partial charge >= 0.3 is 18.4 Å². The molecule has 1 fully saturated rings. The Balaban J connectivity index is 1.59. The maximum absolute atomic E-state index is 14.0. The Bertz CT molecular complexity index is 1790. The number of allylic oxidation sites excluding steroid dienone is 1. The molecule has 0 aromatic heterocycles. The number of amides is 2. The quantitative estimate of drug-likeness (QED) is 0.312. The Kier molecular flexibility index (Phi) is 10.9. The monoisotopic (exact) mass is 741 g/mol. The van der Waals surface area contributed by atoms with Crippen molar-refractivity contribution in [2.45, 2.75) is 80.0 Å². The summed E-state index contributed by atoms with van der Waals surface area (Å²) in [4.78, 5) is 24.3. The number of carbonyl (C=O) groups is 2. The van der Waals surface area contributed by atoms with Crippen LogP contribution in [0.4, 0.5) is 35.5 Å². The van der Waals surface area contributed by atoms with Gasteiger partial charge in [-0.3, -0.25) is 19.1 Å². The molecule has 2 aliphatic rings. The van der Waals surface area contributed by atoms with E-state index in [1.807, 2.05) is 6.92 Å². The smallest absolute Gasteiger partial charge is 0.427 e. The summed E-state index contributed by atoms with van der Waals surface area (Å²) in [6, 6.07) is 7.59. The van der Waals surface area contributed by atoms with Crippen molar-refractivity contribution >= 4 is 33.0 Å². The molecule has 268 valence electrons. The Morgan fingerprint density at radius 3 is 2.33 bits per heavy atom. The molecule has 49 heavy (non-hydrogen) atoms. The molecule has 10 nitrogen and oxygen atoms in total. The molecule has 1 saturated heterocycles. The summed E-state index contributed by atoms with van der Waals surface area (Å²) in [6.07, 6.45) is -12.2. The van der Waals surface area contributed by atoms with Crippen LogP contribution < -0.4 is 10.0 Å². The highest BCUT2D eigenvalue weighted by Gasteiger charge is 2.51. The number of nitrogens with one attached hydrogen (secondary N) is 2. The predicted octanol–water partition coefficient (Wildman–Crippen LogP) is 5.77. The minimum atomic E-state index is -5.24. The Labute approximate surface area is 279 Å². The van der Waals surface area contributed by atoms with E-state index in [2.05, 4.69) is 14.8 Å². The summed E-state index contributed by atoms with van der Waals surface area (Å²) >= 11 is 0. The zero-order chi connectivity index (χ0) is 36.5. The first kappa shape index (κ1) is 37.8. The van der Waals surface area contributed by atoms with Gasteiger partial charge in [0.2, 0.25) is 11.5 Å². The minimum Gasteiger partial charge on any atom is -0.434 e. The van der Waals surface area contributed by atoms with E-state index < -0.39 is 86.0 Å². The molecule has 1 aliphatic heterocycles. The van der Waals surface area contributed by atoms with Crippen molar-refractivity contribution in [1.29, 1.82) is 0 Å². The first-order valence-corrected chi connectivity index (χ1v) is 17.0. The summed E-state index contributed by atoms with van der Waals surface area (Å²) in [5, 5.41) is 2.08. The third-order valence-electron chi connectivity index (χ3n) is 7.44. The van der Waals surface area contributed by atoms with Gasteiger partial charge in [0.05, 0.1) is 33.7 Å². The molecule has 2 N–H and O–H groups in total. The van der Waals surface area contributed by atoms with Crippen LogP contribution in [0.15, 0.2) is 75.8 Å². The summed E-state index contributed by atoms with van der Waals surface area (Å²) in [6.45, 7) is 2.46. The highest BCUT2D eigenvalue weighted by atomic mass is 32.2. The molecule has 0 bridgehead atoms. The third kappa shape index (κ3) is 8.99. The molecule has 1 aliphatic carbocycles. The number of rotatable bonds is 9. The molecule has 0 spiro atoms. The van der Waals surface area contributed by atoms with Gasteiger partial charge < -0.3 is 9.47 Å². The molecule has 1 heterocycles. The summed E-state index contributed by atoms with van der Waals surface area (Å²) in [5.74, 6) is -2.40. The lowest BCUT2D eigenvalue weighted by Crippen LogP contribution is -2.49. The van der Waals surface area contributed by atoms with Gasteiger partial charge in [0, 0.05) is 12.1 Å². The Morgan fingerprint density at radius 1 is 1.06 bits per heavy atom. The summed E-state index contributed by atoms with van der Waals surface area (Å²) in [5.41, 5.74) is -4.26. The average molecular weight is 742 g/mol. The number of benzene rings is 2. The number of sulfonamides is 1. The van der Waals surface area contributed by atoms with Crippen molar-refractivity contribution in [1.82, 2.24) is 14.3 Å². The molecular formula is C30H30F7N3O7S2. The molecule has 19 heteroatoms. The first-order valence-electron chi connectivity index (χ1n) is 14.4. The van der Waals surface area contributed by atoms with E-state index in [9.17, 15) is 52.9 Å². The minimum absolute atomic E-state index is 0.118. The SMILES string of the molecule is Cc1ccc(S(=O)NC(=O)CCC2CN(S(=O)(=O)c3ccc(F)c(C(F)(F)F)c3)C3=CC(NC(=O)OC(C)(C)C(F)(F)F)=CCC3O2)cc1. The van der Waals surface area contributed by atoms with Gasteiger partial charge in [0.15, 0.2) is 11.0 Å². The van der Waals surface area contributed by atoms with Gasteiger partial charge in [-0.15, -0.1) is 0 Å². The molecule has 0 saturated carbocycles. The van der Waals surface area contributed by atoms with Gasteiger partial charge in [0.1, 0.15) is 11.9 Å². The number of alkyl carbamates (subject to hydrolysis) is 1. The first-order chi connectivity index (χ1) is 22.6. The maximum Gasteiger partial charge on any atom is 0.427 e. The largest absolute Gasteiger partial charge is 0.434 e. The number of halogens is 7. The second kappa shape index (κ2) is 14.1. The van der Waals surface area contributed by atoms with Gasteiger partial charge in [0.25, 0.3) is 10.0 Å². The van der Waals surface area contributed by atoms with Crippen LogP contribution in [-0.2, 0) is 41.5 Å². The zero-order valence-corrected chi connectivity index (χ0v) is 27.6. The van der Waals surface area contributed by atoms with Crippen molar-refractivity contribution in [3.63, 3.8) is 0 Å². The molecule has 3 atom stereocenters. The molecule has 4 rings (SSSR count). The van der Waals surface area contributed by atoms with Crippen molar-refractivity contribution in [3.8, 4) is 0 Å². The second-order valence-corrected chi connectivity index (χ2v) is 14.6. The lowest BCUT2D eigenvalue weighted by Gasteiger charge is -2.42. The van der Waals surface area contributed by atoms with E-state index in [0.717, 1.165) is 11.6 Å². The number of aryl methyl sites for hydroxylation is 1. The van der Waals surface area contributed by atoms with E-state index in [1.54, 1.807) is 24.3 Å². The van der Waals surface area contributed by atoms with Crippen LogP contribution in [-0.4, -0.2) is 59.5 Å². The predicted molar refractivity (Wildman–Crippen MR) is 159 cm³/mol. The highest BCUT2D eigenvalue weighted by molar-refractivity contribution is 7.89. The van der Waals surface area contributed by atoms with Gasteiger partial charge in [-0.25, -0.2) is 21.8 Å². The van der Waals surface area contributed by atoms with Crippen LogP contribution in [0.1, 0.15) is 44.2 Å². The standard InChI is InChI=1S/C30H30F7N3O7S2/c1-17-4-8-20(9-5-17)48(43)39-26(41)13-7-19-16-40(49(44,45)21-10-11-23(31)22(15-21)29(32,33)34)24-14-18(6-12-25(24)46-19)38-27(42)47-28(2,3)30(35,36)37/h4-6,8-11,14-15,19,25H,7,12-13,16H2,1-3H3,(H,38,42)(H,39,41). The molecule has 2 amide bonds. The van der Waals surface area contributed by atoms with Crippen LogP contribution in [0.5, 0.6) is 0 Å². The highest BCUT2D eigenvalue weighted by Crippen LogP contribution is 2.38. The summed E-state index contributed by atoms with van der Waals surface area (Å²) < 4.78 is 148. The Morgan fingerprint density at radius 2 is 1.71 bits per heavy atom. The van der Waals surface area contributed by atoms with Crippen LogP contribution >= 0.6 is 0 Å². The van der Waals surface area contributed by atoms with Crippen LogP contribution in [0, 0.1) is 12.7 Å². The maximum atomic E-state index is 14.0. The molecular weight excluding hydrogens is 711 g/mol. The topological polar surface area (TPSA) is 131 Å². The molecule has 0 radical (unpaired) electrons. The van der Waals surface area contributed by atoms with Gasteiger partial charge in [-0.2, -0.15) is 26.3 Å². The normalized spacial score (nSPS) is 19.3. The van der Waals surface area contributed by atoms with Crippen LogP contribution in [0.3, 0.4) is 0 Å². The van der Waals surface area contributed by atoms with E-state index >= 15 is 0 Å². The van der Waals surface area contributed by atoms with Crippen molar-refractivity contribution in [2.24, 2.45) is 0 Å². The third-order valence-corrected chi connectivity index (χ3v) is 10.3. The number of ether oxygens (including phenoxy) is 2. The van der Waals surface area contributed by atoms with E-state index in [1.165, 1.54) is 6.08 Å². The van der Waals surface area contributed by atoms with Crippen LogP contribution in [0.25, 0.3) is 0 Å². The summed E-state index contributed by atoms with van der Waals surface area (Å²) in [7, 11) is -6.82. The number of morpholine rings is 1. The van der Waals surface area contributed by atoms with E-state index in [4.69, 9.17) is 4.74 Å². The van der Waals surface area contributed by atoms with Crippen molar-refractivity contribution < 1.29 is 62.4 Å². The number of alkyl halides is 6. The molecule has 2 aromatic rings. The van der Waals surface area contributed by atoms with Crippen molar-refractivity contribution in [2.75, 3.05) is 6.54 Å². The van der Waals surface area contributed by atoms with Crippen molar-refractivity contribution in [3.05, 3.63) is 83.0 Å². The van der Waals surface area contributed by atoms with E-state index in [-0.39, 0.29) is 36.7 Å². The zero-order valence-electron chi connectivity index (χ0n) is 25.9. The number of nitrogens with zero attached hydrogens (tertiary/aromatic N) is 1. The fourth-order valence-corrected chi connectivity index (χ4v) is 7.06.